The van der Waals surface area contributed by atoms with Crippen molar-refractivity contribution in [3.63, 3.8) is 0 Å². The van der Waals surface area contributed by atoms with Crippen molar-refractivity contribution in [2.24, 2.45) is 4.99 Å². The van der Waals surface area contributed by atoms with Crippen LogP contribution >= 0.6 is 11.6 Å². The number of hydrogen-bond donors (Lipinski definition) is 1. The standard InChI is InChI=1S/C15H24ClN3OSi/c1-15(16)10-13(17-11-18-15)14-6-5-7-19(14)12-20-8-9-21(2,3)4/h5-7,10-11H,8-9,12H2,1-4H3,(H,17,18). The molecule has 0 saturated carbocycles. The molecule has 0 spiro atoms. The van der Waals surface area contributed by atoms with E-state index < -0.39 is 13.1 Å². The second-order valence-electron chi connectivity index (χ2n) is 6.72. The lowest BCUT2D eigenvalue weighted by Crippen LogP contribution is -2.35. The van der Waals surface area contributed by atoms with E-state index in [1.807, 2.05) is 31.3 Å². The molecule has 1 aliphatic heterocycles. The van der Waals surface area contributed by atoms with Crippen LogP contribution in [0.4, 0.5) is 0 Å². The fourth-order valence-corrected chi connectivity index (χ4v) is 2.91. The minimum atomic E-state index is -1.04. The van der Waals surface area contributed by atoms with Gasteiger partial charge >= 0.3 is 0 Å². The summed E-state index contributed by atoms with van der Waals surface area (Å²) in [4.78, 5) is 3.77. The monoisotopic (exact) mass is 325 g/mol. The molecule has 1 atom stereocenters. The third-order valence-electron chi connectivity index (χ3n) is 3.28. The Balaban J connectivity index is 1.99. The van der Waals surface area contributed by atoms with Crippen molar-refractivity contribution in [3.8, 4) is 0 Å². The Bertz CT molecular complexity index is 543. The highest BCUT2D eigenvalue weighted by Gasteiger charge is 2.21. The van der Waals surface area contributed by atoms with Gasteiger partial charge in [-0.15, -0.1) is 0 Å². The Morgan fingerprint density at radius 3 is 2.86 bits per heavy atom. The molecule has 6 heteroatoms. The summed E-state index contributed by atoms with van der Waals surface area (Å²) in [6.07, 6.45) is 5.57. The average Bonchev–Trinajstić information content (AvgIpc) is 2.80. The van der Waals surface area contributed by atoms with Gasteiger partial charge in [-0.1, -0.05) is 31.2 Å². The SMILES string of the molecule is CC1(Cl)C=C(c2cccn2COCC[Si](C)(C)C)N=CN1. The van der Waals surface area contributed by atoms with E-state index in [0.717, 1.165) is 18.0 Å². The highest BCUT2D eigenvalue weighted by atomic mass is 35.5. The third-order valence-corrected chi connectivity index (χ3v) is 5.20. The van der Waals surface area contributed by atoms with Crippen LogP contribution in [0.1, 0.15) is 12.6 Å². The summed E-state index contributed by atoms with van der Waals surface area (Å²) in [6, 6.07) is 5.21. The van der Waals surface area contributed by atoms with Gasteiger partial charge in [-0.25, -0.2) is 4.99 Å². The van der Waals surface area contributed by atoms with E-state index in [2.05, 4.69) is 34.5 Å². The number of nitrogens with one attached hydrogen (secondary N) is 1. The summed E-state index contributed by atoms with van der Waals surface area (Å²) in [7, 11) is -1.04. The van der Waals surface area contributed by atoms with Crippen molar-refractivity contribution in [2.45, 2.75) is 44.3 Å². The van der Waals surface area contributed by atoms with Gasteiger partial charge in [-0.05, 0) is 31.2 Å². The third kappa shape index (κ3) is 5.02. The fraction of sp³-hybridized carbons (Fsp3) is 0.533. The molecular weight excluding hydrogens is 302 g/mol. The van der Waals surface area contributed by atoms with Crippen LogP contribution in [0.15, 0.2) is 29.4 Å². The lowest BCUT2D eigenvalue weighted by molar-refractivity contribution is 0.0869. The fourth-order valence-electron chi connectivity index (χ4n) is 2.00. The quantitative estimate of drug-likeness (QED) is 0.374. The van der Waals surface area contributed by atoms with Gasteiger partial charge < -0.3 is 14.6 Å². The van der Waals surface area contributed by atoms with Crippen molar-refractivity contribution in [1.82, 2.24) is 9.88 Å². The average molecular weight is 326 g/mol. The second-order valence-corrected chi connectivity index (χ2v) is 13.1. The zero-order valence-corrected chi connectivity index (χ0v) is 14.9. The summed E-state index contributed by atoms with van der Waals surface area (Å²) in [5.74, 6) is 0. The van der Waals surface area contributed by atoms with Crippen LogP contribution in [0.2, 0.25) is 25.7 Å². The van der Waals surface area contributed by atoms with E-state index in [4.69, 9.17) is 16.3 Å². The zero-order chi connectivity index (χ0) is 15.5. The molecule has 116 valence electrons. The number of halogens is 1. The Kier molecular flexibility index (Phi) is 4.96. The molecule has 0 bridgehead atoms. The normalized spacial score (nSPS) is 22.0. The van der Waals surface area contributed by atoms with Crippen LogP contribution in [0, 0.1) is 0 Å². The highest BCUT2D eigenvalue weighted by molar-refractivity contribution is 6.76. The summed E-state index contributed by atoms with van der Waals surface area (Å²) >= 11 is 6.30. The smallest absolute Gasteiger partial charge is 0.131 e. The van der Waals surface area contributed by atoms with Crippen molar-refractivity contribution in [2.75, 3.05) is 6.61 Å². The first-order chi connectivity index (χ1) is 9.77. The summed E-state index contributed by atoms with van der Waals surface area (Å²) in [6.45, 7) is 10.3. The summed E-state index contributed by atoms with van der Waals surface area (Å²) in [5.41, 5.74) is 1.89. The molecule has 1 aromatic heterocycles. The predicted octanol–water partition coefficient (Wildman–Crippen LogP) is 3.73. The first kappa shape index (κ1) is 16.3. The van der Waals surface area contributed by atoms with Gasteiger partial charge in [-0.3, -0.25) is 0 Å². The van der Waals surface area contributed by atoms with E-state index >= 15 is 0 Å². The van der Waals surface area contributed by atoms with E-state index in [-0.39, 0.29) is 0 Å². The molecule has 21 heavy (non-hydrogen) atoms. The van der Waals surface area contributed by atoms with Crippen LogP contribution in [-0.2, 0) is 11.5 Å². The van der Waals surface area contributed by atoms with Crippen molar-refractivity contribution in [1.29, 1.82) is 0 Å². The van der Waals surface area contributed by atoms with E-state index in [1.54, 1.807) is 6.34 Å². The molecule has 0 aliphatic carbocycles. The number of rotatable bonds is 6. The topological polar surface area (TPSA) is 38.5 Å². The molecular formula is C15H24ClN3OSi. The number of aliphatic imine (C=N–C) groups is 1. The van der Waals surface area contributed by atoms with Gasteiger partial charge in [0.2, 0.25) is 0 Å². The van der Waals surface area contributed by atoms with Gasteiger partial charge in [0.05, 0.1) is 17.7 Å². The van der Waals surface area contributed by atoms with Crippen LogP contribution < -0.4 is 5.32 Å². The Morgan fingerprint density at radius 1 is 1.43 bits per heavy atom. The van der Waals surface area contributed by atoms with Gasteiger partial charge in [0.25, 0.3) is 0 Å². The molecule has 2 rings (SSSR count). The molecule has 1 aliphatic rings. The molecule has 1 unspecified atom stereocenters. The van der Waals surface area contributed by atoms with Crippen LogP contribution in [0.3, 0.4) is 0 Å². The minimum absolute atomic E-state index is 0.548. The number of aromatic nitrogens is 1. The van der Waals surface area contributed by atoms with Crippen molar-refractivity contribution in [3.05, 3.63) is 30.1 Å². The Labute approximate surface area is 132 Å². The molecule has 0 amide bonds. The highest BCUT2D eigenvalue weighted by Crippen LogP contribution is 2.25. The molecule has 0 radical (unpaired) electrons. The van der Waals surface area contributed by atoms with E-state index in [9.17, 15) is 0 Å². The van der Waals surface area contributed by atoms with Gasteiger partial charge in [0.15, 0.2) is 0 Å². The first-order valence-electron chi connectivity index (χ1n) is 7.22. The van der Waals surface area contributed by atoms with Crippen molar-refractivity contribution >= 4 is 31.7 Å². The van der Waals surface area contributed by atoms with Crippen LogP contribution in [0.25, 0.3) is 5.70 Å². The second kappa shape index (κ2) is 6.38. The lowest BCUT2D eigenvalue weighted by Gasteiger charge is -2.23. The van der Waals surface area contributed by atoms with Gasteiger partial charge in [0, 0.05) is 20.9 Å². The summed E-state index contributed by atoms with van der Waals surface area (Å²) in [5, 5.41) is 3.00. The lowest BCUT2D eigenvalue weighted by atomic mass is 10.2. The molecule has 2 heterocycles. The predicted molar refractivity (Wildman–Crippen MR) is 92.4 cm³/mol. The maximum Gasteiger partial charge on any atom is 0.131 e. The molecule has 0 fully saturated rings. The van der Waals surface area contributed by atoms with Gasteiger partial charge in [-0.2, -0.15) is 0 Å². The molecule has 4 nitrogen and oxygen atoms in total. The number of nitrogens with zero attached hydrogens (tertiary/aromatic N) is 2. The molecule has 1 N–H and O–H groups in total. The van der Waals surface area contributed by atoms with Crippen molar-refractivity contribution < 1.29 is 4.74 Å². The first-order valence-corrected chi connectivity index (χ1v) is 11.3. The van der Waals surface area contributed by atoms with E-state index in [0.29, 0.717) is 6.73 Å². The van der Waals surface area contributed by atoms with E-state index in [1.165, 1.54) is 6.04 Å². The Hall–Kier alpha value is -1.04. The Morgan fingerprint density at radius 2 is 2.19 bits per heavy atom. The number of alkyl halides is 1. The van der Waals surface area contributed by atoms with Crippen LogP contribution in [-0.4, -0.2) is 30.6 Å². The maximum absolute atomic E-state index is 6.30. The molecule has 0 saturated heterocycles. The molecule has 1 aromatic rings. The van der Waals surface area contributed by atoms with Gasteiger partial charge in [0.1, 0.15) is 11.7 Å². The minimum Gasteiger partial charge on any atom is -0.361 e. The number of ether oxygens (including phenoxy) is 1. The largest absolute Gasteiger partial charge is 0.361 e. The zero-order valence-electron chi connectivity index (χ0n) is 13.2. The summed E-state index contributed by atoms with van der Waals surface area (Å²) < 4.78 is 7.87. The number of hydrogen-bond acceptors (Lipinski definition) is 3. The molecule has 0 aromatic carbocycles. The maximum atomic E-state index is 6.30. The van der Waals surface area contributed by atoms with Crippen LogP contribution in [0.5, 0.6) is 0 Å².